The average Bonchev–Trinajstić information content (AvgIpc) is 2.89. The van der Waals surface area contributed by atoms with E-state index in [0.29, 0.717) is 5.56 Å². The third kappa shape index (κ3) is 4.46. The first-order chi connectivity index (χ1) is 10.1. The van der Waals surface area contributed by atoms with Gasteiger partial charge in [-0.1, -0.05) is 6.92 Å². The zero-order valence-electron chi connectivity index (χ0n) is 12.5. The Hall–Kier alpha value is -1.04. The van der Waals surface area contributed by atoms with E-state index >= 15 is 0 Å². The normalized spacial score (nSPS) is 20.9. The lowest BCUT2D eigenvalue weighted by Crippen LogP contribution is -2.35. The van der Waals surface area contributed by atoms with Gasteiger partial charge in [0.05, 0.1) is 6.61 Å². The molecule has 5 heteroatoms. The van der Waals surface area contributed by atoms with Crippen LogP contribution < -0.4 is 5.32 Å². The monoisotopic (exact) mass is 298 g/mol. The number of rotatable bonds is 7. The van der Waals surface area contributed by atoms with Crippen molar-refractivity contribution in [1.82, 2.24) is 10.2 Å². The van der Waals surface area contributed by atoms with Crippen molar-refractivity contribution in [2.45, 2.75) is 38.3 Å². The van der Waals surface area contributed by atoms with E-state index in [1.54, 1.807) is 0 Å². The Morgan fingerprint density at radius 2 is 2.05 bits per heavy atom. The zero-order valence-corrected chi connectivity index (χ0v) is 12.5. The summed E-state index contributed by atoms with van der Waals surface area (Å²) in [5.41, 5.74) is 0.647. The first-order valence-corrected chi connectivity index (χ1v) is 7.68. The molecule has 0 aromatic heterocycles. The van der Waals surface area contributed by atoms with Gasteiger partial charge in [0.1, 0.15) is 11.6 Å². The summed E-state index contributed by atoms with van der Waals surface area (Å²) >= 11 is 0. The van der Waals surface area contributed by atoms with E-state index in [-0.39, 0.29) is 18.7 Å². The molecule has 3 nitrogen and oxygen atoms in total. The zero-order chi connectivity index (χ0) is 15.2. The van der Waals surface area contributed by atoms with Crippen LogP contribution in [0.2, 0.25) is 0 Å². The van der Waals surface area contributed by atoms with Crippen molar-refractivity contribution in [2.75, 3.05) is 26.2 Å². The van der Waals surface area contributed by atoms with Crippen molar-refractivity contribution < 1.29 is 13.9 Å². The van der Waals surface area contributed by atoms with Gasteiger partial charge in [-0.15, -0.1) is 0 Å². The van der Waals surface area contributed by atoms with Gasteiger partial charge < -0.3 is 10.4 Å². The number of benzene rings is 1. The van der Waals surface area contributed by atoms with Crippen molar-refractivity contribution in [2.24, 2.45) is 0 Å². The summed E-state index contributed by atoms with van der Waals surface area (Å²) in [6, 6.07) is 3.85. The molecule has 1 fully saturated rings. The molecule has 0 spiro atoms. The van der Waals surface area contributed by atoms with Crippen molar-refractivity contribution in [3.8, 4) is 0 Å². The minimum atomic E-state index is -0.540. The number of aliphatic hydroxyl groups is 1. The van der Waals surface area contributed by atoms with Gasteiger partial charge in [-0.2, -0.15) is 0 Å². The van der Waals surface area contributed by atoms with Crippen LogP contribution >= 0.6 is 0 Å². The van der Waals surface area contributed by atoms with Gasteiger partial charge in [-0.25, -0.2) is 8.78 Å². The smallest absolute Gasteiger partial charge is 0.126 e. The van der Waals surface area contributed by atoms with Gasteiger partial charge in [0, 0.05) is 24.7 Å². The minimum absolute atomic E-state index is 0.0693. The Balaban J connectivity index is 2.01. The first kappa shape index (κ1) is 16.3. The molecule has 1 aromatic carbocycles. The van der Waals surface area contributed by atoms with Crippen LogP contribution in [0.1, 0.15) is 37.8 Å². The number of likely N-dealkylation sites (tertiary alicyclic amines) is 1. The number of nitrogens with one attached hydrogen (secondary N) is 1. The highest BCUT2D eigenvalue weighted by molar-refractivity contribution is 5.21. The second-order valence-corrected chi connectivity index (χ2v) is 5.62. The maximum absolute atomic E-state index is 13.4. The fraction of sp³-hybridized carbons (Fsp3) is 0.625. The Kier molecular flexibility index (Phi) is 6.08. The molecule has 0 saturated carbocycles. The van der Waals surface area contributed by atoms with E-state index in [1.807, 2.05) is 6.92 Å². The quantitative estimate of drug-likeness (QED) is 0.812. The third-order valence-electron chi connectivity index (χ3n) is 4.15. The van der Waals surface area contributed by atoms with Crippen molar-refractivity contribution >= 4 is 0 Å². The molecule has 0 radical (unpaired) electrons. The molecule has 1 aliphatic heterocycles. The standard InChI is InChI=1S/C16H24F2N2O/c1-2-19-16(12-8-13(17)10-14(18)9-12)5-7-20-6-3-4-15(20)11-21/h8-10,15-16,19,21H,2-7,11H2,1H3. The number of halogens is 2. The van der Waals surface area contributed by atoms with Gasteiger partial charge in [-0.3, -0.25) is 4.90 Å². The van der Waals surface area contributed by atoms with Crippen molar-refractivity contribution in [3.05, 3.63) is 35.4 Å². The molecule has 21 heavy (non-hydrogen) atoms. The molecule has 1 aromatic rings. The van der Waals surface area contributed by atoms with E-state index in [1.165, 1.54) is 12.1 Å². The van der Waals surface area contributed by atoms with Crippen LogP contribution in [0.4, 0.5) is 8.78 Å². The molecule has 1 heterocycles. The summed E-state index contributed by atoms with van der Waals surface area (Å²) in [4.78, 5) is 2.26. The van der Waals surface area contributed by atoms with E-state index in [0.717, 1.165) is 45.0 Å². The fourth-order valence-corrected chi connectivity index (χ4v) is 3.10. The maximum Gasteiger partial charge on any atom is 0.126 e. The molecular weight excluding hydrogens is 274 g/mol. The molecular formula is C16H24F2N2O. The predicted octanol–water partition coefficient (Wildman–Crippen LogP) is 2.46. The fourth-order valence-electron chi connectivity index (χ4n) is 3.10. The van der Waals surface area contributed by atoms with Crippen LogP contribution in [-0.4, -0.2) is 42.3 Å². The third-order valence-corrected chi connectivity index (χ3v) is 4.15. The molecule has 0 amide bonds. The Morgan fingerprint density at radius 3 is 2.67 bits per heavy atom. The molecule has 2 N–H and O–H groups in total. The summed E-state index contributed by atoms with van der Waals surface area (Å²) in [5.74, 6) is -1.08. The van der Waals surface area contributed by atoms with Gasteiger partial charge >= 0.3 is 0 Å². The van der Waals surface area contributed by atoms with Crippen LogP contribution in [0.3, 0.4) is 0 Å². The van der Waals surface area contributed by atoms with Gasteiger partial charge in [0.2, 0.25) is 0 Å². The summed E-state index contributed by atoms with van der Waals surface area (Å²) in [6.45, 7) is 4.71. The molecule has 1 aliphatic rings. The summed E-state index contributed by atoms with van der Waals surface area (Å²) in [6.07, 6.45) is 2.90. The number of hydrogen-bond donors (Lipinski definition) is 2. The van der Waals surface area contributed by atoms with Gasteiger partial charge in [-0.05, 0) is 50.0 Å². The summed E-state index contributed by atoms with van der Waals surface area (Å²) in [7, 11) is 0. The van der Waals surface area contributed by atoms with Crippen LogP contribution in [0.25, 0.3) is 0 Å². The van der Waals surface area contributed by atoms with Crippen LogP contribution in [-0.2, 0) is 0 Å². The Morgan fingerprint density at radius 1 is 1.33 bits per heavy atom. The van der Waals surface area contributed by atoms with Crippen LogP contribution in [0.15, 0.2) is 18.2 Å². The number of nitrogens with zero attached hydrogens (tertiary/aromatic N) is 1. The lowest BCUT2D eigenvalue weighted by atomic mass is 10.0. The van der Waals surface area contributed by atoms with Crippen LogP contribution in [0, 0.1) is 11.6 Å². The van der Waals surface area contributed by atoms with E-state index < -0.39 is 11.6 Å². The highest BCUT2D eigenvalue weighted by Crippen LogP contribution is 2.23. The molecule has 118 valence electrons. The lowest BCUT2D eigenvalue weighted by Gasteiger charge is -2.26. The number of aliphatic hydroxyl groups excluding tert-OH is 1. The highest BCUT2D eigenvalue weighted by Gasteiger charge is 2.24. The SMILES string of the molecule is CCNC(CCN1CCCC1CO)c1cc(F)cc(F)c1. The van der Waals surface area contributed by atoms with Gasteiger partial charge in [0.15, 0.2) is 0 Å². The summed E-state index contributed by atoms with van der Waals surface area (Å²) < 4.78 is 26.8. The summed E-state index contributed by atoms with van der Waals surface area (Å²) in [5, 5.41) is 12.6. The first-order valence-electron chi connectivity index (χ1n) is 7.68. The second-order valence-electron chi connectivity index (χ2n) is 5.62. The lowest BCUT2D eigenvalue weighted by molar-refractivity contribution is 0.154. The minimum Gasteiger partial charge on any atom is -0.395 e. The molecule has 0 bridgehead atoms. The maximum atomic E-state index is 13.4. The second kappa shape index (κ2) is 7.82. The topological polar surface area (TPSA) is 35.5 Å². The van der Waals surface area contributed by atoms with Crippen LogP contribution in [0.5, 0.6) is 0 Å². The van der Waals surface area contributed by atoms with E-state index in [2.05, 4.69) is 10.2 Å². The molecule has 2 rings (SSSR count). The average molecular weight is 298 g/mol. The van der Waals surface area contributed by atoms with E-state index in [4.69, 9.17) is 0 Å². The van der Waals surface area contributed by atoms with Crippen molar-refractivity contribution in [3.63, 3.8) is 0 Å². The largest absolute Gasteiger partial charge is 0.395 e. The molecule has 2 unspecified atom stereocenters. The predicted molar refractivity (Wildman–Crippen MR) is 79.1 cm³/mol. The Labute approximate surface area is 125 Å². The van der Waals surface area contributed by atoms with Gasteiger partial charge in [0.25, 0.3) is 0 Å². The molecule has 2 atom stereocenters. The van der Waals surface area contributed by atoms with Crippen molar-refractivity contribution in [1.29, 1.82) is 0 Å². The highest BCUT2D eigenvalue weighted by atomic mass is 19.1. The molecule has 0 aliphatic carbocycles. The van der Waals surface area contributed by atoms with E-state index in [9.17, 15) is 13.9 Å². The Bertz CT molecular complexity index is 436. The number of hydrogen-bond acceptors (Lipinski definition) is 3. The molecule has 1 saturated heterocycles.